The SMILES string of the molecule is CCOC(=O)CCC(=O)N(c1ccc2nc(C)n(Cc3ccc4ccc(C(=N)N)cc4c3)c2c1)C1CCN(C(C)=N)CC1. The molecule has 0 saturated carbocycles. The third kappa shape index (κ3) is 6.53. The number of amides is 1. The number of carbonyl (C=O) groups excluding carboxylic acids is 2. The number of aromatic nitrogens is 2. The van der Waals surface area contributed by atoms with Gasteiger partial charge in [0.25, 0.3) is 0 Å². The summed E-state index contributed by atoms with van der Waals surface area (Å²) in [5, 5.41) is 17.9. The Morgan fingerprint density at radius 2 is 1.77 bits per heavy atom. The van der Waals surface area contributed by atoms with Gasteiger partial charge in [0.1, 0.15) is 11.7 Å². The highest BCUT2D eigenvalue weighted by Gasteiger charge is 2.30. The quantitative estimate of drug-likeness (QED) is 0.145. The van der Waals surface area contributed by atoms with Crippen molar-refractivity contribution in [1.82, 2.24) is 14.5 Å². The van der Waals surface area contributed by atoms with Crippen molar-refractivity contribution in [2.75, 3.05) is 24.6 Å². The number of hydrogen-bond donors (Lipinski definition) is 3. The zero-order valence-electron chi connectivity index (χ0n) is 25.0. The smallest absolute Gasteiger partial charge is 0.306 e. The molecule has 43 heavy (non-hydrogen) atoms. The molecule has 4 aromatic rings. The lowest BCUT2D eigenvalue weighted by atomic mass is 10.0. The zero-order chi connectivity index (χ0) is 30.7. The van der Waals surface area contributed by atoms with Crippen molar-refractivity contribution in [3.05, 3.63) is 71.5 Å². The molecule has 1 aromatic heterocycles. The summed E-state index contributed by atoms with van der Waals surface area (Å²) in [6, 6.07) is 17.9. The summed E-state index contributed by atoms with van der Waals surface area (Å²) >= 11 is 0. The Hall–Kier alpha value is -4.73. The molecule has 5 rings (SSSR count). The number of piperidine rings is 1. The van der Waals surface area contributed by atoms with Gasteiger partial charge in [-0.05, 0) is 80.3 Å². The van der Waals surface area contributed by atoms with E-state index in [4.69, 9.17) is 26.3 Å². The van der Waals surface area contributed by atoms with Crippen LogP contribution in [-0.4, -0.2) is 63.7 Å². The summed E-state index contributed by atoms with van der Waals surface area (Å²) in [6.45, 7) is 7.80. The number of hydrogen-bond acceptors (Lipinski definition) is 6. The number of esters is 1. The van der Waals surface area contributed by atoms with Crippen LogP contribution < -0.4 is 10.6 Å². The third-order valence-electron chi connectivity index (χ3n) is 8.18. The second kappa shape index (κ2) is 12.6. The first kappa shape index (κ1) is 29.8. The molecule has 0 spiro atoms. The number of aryl methyl sites for hydroxylation is 1. The van der Waals surface area contributed by atoms with Crippen LogP contribution in [0, 0.1) is 17.7 Å². The molecule has 0 atom stereocenters. The predicted octanol–water partition coefficient (Wildman–Crippen LogP) is 4.97. The number of anilines is 1. The molecular weight excluding hydrogens is 542 g/mol. The molecule has 1 amide bonds. The second-order valence-corrected chi connectivity index (χ2v) is 11.1. The Morgan fingerprint density at radius 1 is 1.02 bits per heavy atom. The molecule has 1 aliphatic rings. The first-order valence-electron chi connectivity index (χ1n) is 14.8. The summed E-state index contributed by atoms with van der Waals surface area (Å²) < 4.78 is 7.22. The first-order valence-corrected chi connectivity index (χ1v) is 14.8. The number of nitrogens with zero attached hydrogens (tertiary/aromatic N) is 4. The van der Waals surface area contributed by atoms with Gasteiger partial charge in [0.2, 0.25) is 5.91 Å². The van der Waals surface area contributed by atoms with Crippen LogP contribution in [-0.2, 0) is 20.9 Å². The van der Waals surface area contributed by atoms with E-state index in [-0.39, 0.29) is 43.2 Å². The summed E-state index contributed by atoms with van der Waals surface area (Å²) in [5.74, 6) is 0.942. The van der Waals surface area contributed by atoms with E-state index in [0.717, 1.165) is 51.7 Å². The lowest BCUT2D eigenvalue weighted by molar-refractivity contribution is -0.144. The van der Waals surface area contributed by atoms with Crippen molar-refractivity contribution >= 4 is 51.0 Å². The maximum Gasteiger partial charge on any atom is 0.306 e. The van der Waals surface area contributed by atoms with Crippen LogP contribution in [0.1, 0.15) is 56.5 Å². The number of carbonyl (C=O) groups is 2. The number of ether oxygens (including phenoxy) is 1. The number of amidine groups is 2. The molecule has 0 unspecified atom stereocenters. The van der Waals surface area contributed by atoms with Gasteiger partial charge in [-0.2, -0.15) is 0 Å². The van der Waals surface area contributed by atoms with Crippen LogP contribution in [0.5, 0.6) is 0 Å². The average Bonchev–Trinajstić information content (AvgIpc) is 3.30. The number of imidazole rings is 1. The fourth-order valence-corrected chi connectivity index (χ4v) is 5.91. The van der Waals surface area contributed by atoms with Gasteiger partial charge in [-0.25, -0.2) is 4.98 Å². The predicted molar refractivity (Wildman–Crippen MR) is 170 cm³/mol. The van der Waals surface area contributed by atoms with Gasteiger partial charge in [0.05, 0.1) is 29.9 Å². The Labute approximate surface area is 251 Å². The van der Waals surface area contributed by atoms with Gasteiger partial charge in [-0.3, -0.25) is 20.4 Å². The van der Waals surface area contributed by atoms with Crippen molar-refractivity contribution in [1.29, 1.82) is 10.8 Å². The molecule has 1 aliphatic heterocycles. The third-order valence-corrected chi connectivity index (χ3v) is 8.18. The molecule has 1 fully saturated rings. The molecule has 224 valence electrons. The topological polar surface area (TPSA) is 141 Å². The highest BCUT2D eigenvalue weighted by atomic mass is 16.5. The molecule has 4 N–H and O–H groups in total. The normalized spacial score (nSPS) is 13.8. The largest absolute Gasteiger partial charge is 0.466 e. The maximum atomic E-state index is 13.7. The monoisotopic (exact) mass is 581 g/mol. The van der Waals surface area contributed by atoms with Crippen LogP contribution in [0.15, 0.2) is 54.6 Å². The molecule has 3 aromatic carbocycles. The van der Waals surface area contributed by atoms with Crippen LogP contribution in [0.4, 0.5) is 5.69 Å². The molecule has 0 bridgehead atoms. The minimum Gasteiger partial charge on any atom is -0.466 e. The molecule has 10 nitrogen and oxygen atoms in total. The Kier molecular flexibility index (Phi) is 8.75. The van der Waals surface area contributed by atoms with Crippen molar-refractivity contribution in [2.24, 2.45) is 5.73 Å². The number of likely N-dealkylation sites (tertiary alicyclic amines) is 1. The lowest BCUT2D eigenvalue weighted by Gasteiger charge is -2.39. The molecule has 10 heteroatoms. The molecule has 1 saturated heterocycles. The number of fused-ring (bicyclic) bond motifs is 2. The summed E-state index contributed by atoms with van der Waals surface area (Å²) in [7, 11) is 0. The van der Waals surface area contributed by atoms with Crippen molar-refractivity contribution in [3.8, 4) is 0 Å². The Bertz CT molecular complexity index is 1700. The highest BCUT2D eigenvalue weighted by molar-refractivity contribution is 5.99. The van der Waals surface area contributed by atoms with E-state index < -0.39 is 0 Å². The lowest BCUT2D eigenvalue weighted by Crippen LogP contribution is -2.48. The summed E-state index contributed by atoms with van der Waals surface area (Å²) in [5.41, 5.74) is 10.0. The van der Waals surface area contributed by atoms with Crippen LogP contribution in [0.25, 0.3) is 21.8 Å². The minimum atomic E-state index is -0.375. The Balaban J connectivity index is 1.48. The van der Waals surface area contributed by atoms with Gasteiger partial charge in [-0.1, -0.05) is 24.3 Å². The molecular formula is C33H39N7O3. The first-order chi connectivity index (χ1) is 20.6. The highest BCUT2D eigenvalue weighted by Crippen LogP contribution is 2.30. The van der Waals surface area contributed by atoms with E-state index in [1.807, 2.05) is 53.1 Å². The van der Waals surface area contributed by atoms with Gasteiger partial charge in [0, 0.05) is 43.3 Å². The van der Waals surface area contributed by atoms with Crippen molar-refractivity contribution < 1.29 is 14.3 Å². The standard InChI is InChI=1S/C33H39N7O3/c1-4-43-32(42)12-11-31(41)40(27-13-15-38(16-14-27)21(2)34)28-9-10-29-30(19-28)39(22(3)37-29)20-23-5-6-24-7-8-25(33(35)36)18-26(24)17-23/h5-10,17-19,27,34H,4,11-16,20H2,1-3H3,(H3,35,36). The Morgan fingerprint density at radius 3 is 2.47 bits per heavy atom. The van der Waals surface area contributed by atoms with E-state index in [9.17, 15) is 9.59 Å². The fraction of sp³-hybridized carbons (Fsp3) is 0.364. The van der Waals surface area contributed by atoms with Crippen LogP contribution in [0.2, 0.25) is 0 Å². The number of nitrogens with two attached hydrogens (primary N) is 1. The molecule has 2 heterocycles. The van der Waals surface area contributed by atoms with Gasteiger partial charge < -0.3 is 24.8 Å². The van der Waals surface area contributed by atoms with Gasteiger partial charge >= 0.3 is 5.97 Å². The maximum absolute atomic E-state index is 13.7. The van der Waals surface area contributed by atoms with Gasteiger partial charge in [0.15, 0.2) is 0 Å². The summed E-state index contributed by atoms with van der Waals surface area (Å²) in [4.78, 5) is 34.5. The van der Waals surface area contributed by atoms with Crippen molar-refractivity contribution in [2.45, 2.75) is 59.0 Å². The average molecular weight is 582 g/mol. The summed E-state index contributed by atoms with van der Waals surface area (Å²) in [6.07, 6.45) is 1.57. The van der Waals surface area contributed by atoms with E-state index in [0.29, 0.717) is 31.0 Å². The number of nitrogens with one attached hydrogen (secondary N) is 2. The fourth-order valence-electron chi connectivity index (χ4n) is 5.91. The zero-order valence-corrected chi connectivity index (χ0v) is 25.0. The van der Waals surface area contributed by atoms with E-state index >= 15 is 0 Å². The minimum absolute atomic E-state index is 0.0359. The van der Waals surface area contributed by atoms with Crippen LogP contribution >= 0.6 is 0 Å². The van der Waals surface area contributed by atoms with Crippen molar-refractivity contribution in [3.63, 3.8) is 0 Å². The molecule has 0 aliphatic carbocycles. The van der Waals surface area contributed by atoms with Gasteiger partial charge in [-0.15, -0.1) is 0 Å². The number of nitrogen functional groups attached to an aromatic ring is 1. The molecule has 0 radical (unpaired) electrons. The van der Waals surface area contributed by atoms with E-state index in [1.165, 1.54) is 0 Å². The number of benzene rings is 3. The number of rotatable bonds is 9. The van der Waals surface area contributed by atoms with Crippen LogP contribution in [0.3, 0.4) is 0 Å². The van der Waals surface area contributed by atoms with E-state index in [2.05, 4.69) is 22.8 Å². The van der Waals surface area contributed by atoms with E-state index in [1.54, 1.807) is 13.8 Å². The second-order valence-electron chi connectivity index (χ2n) is 11.1.